The summed E-state index contributed by atoms with van der Waals surface area (Å²) in [5.74, 6) is -2.21. The van der Waals surface area contributed by atoms with Crippen LogP contribution in [-0.4, -0.2) is 125 Å². The first-order chi connectivity index (χ1) is 16.5. The first-order valence-corrected chi connectivity index (χ1v) is 13.1. The van der Waals surface area contributed by atoms with E-state index in [1.807, 2.05) is 18.9 Å². The maximum Gasteiger partial charge on any atom is 0.353 e. The number of aliphatic carboxylic acids is 1. The van der Waals surface area contributed by atoms with Gasteiger partial charge in [-0.3, -0.25) is 14.4 Å². The molecule has 0 bridgehead atoms. The Labute approximate surface area is 209 Å². The minimum atomic E-state index is -1.14. The summed E-state index contributed by atoms with van der Waals surface area (Å²) in [7, 11) is 3.66. The number of carboxylic acid groups (broad SMARTS) is 1. The fraction of sp³-hybridized carbons (Fsp3) is 0.739. The SMILES string of the molecule is CNC(=O)C[N+]1(C)CCN(C(=O)[C@@H]2C[C@H](SC3=C(C(=O)O)N4C(=O)[C@H]([C@@H](C)O)[C@H]4[C@H]3C)CN2)CC1. The van der Waals surface area contributed by atoms with Crippen molar-refractivity contribution in [1.82, 2.24) is 20.4 Å². The number of nitrogens with zero attached hydrogens (tertiary/aromatic N) is 3. The van der Waals surface area contributed by atoms with Gasteiger partial charge in [0.05, 0.1) is 57.3 Å². The summed E-state index contributed by atoms with van der Waals surface area (Å²) in [4.78, 5) is 53.4. The molecular formula is C23H36N5O6S+. The van der Waals surface area contributed by atoms with Crippen molar-refractivity contribution in [2.45, 2.75) is 43.7 Å². The van der Waals surface area contributed by atoms with Gasteiger partial charge in [-0.2, -0.15) is 0 Å². The van der Waals surface area contributed by atoms with Gasteiger partial charge in [0.2, 0.25) is 11.8 Å². The van der Waals surface area contributed by atoms with Crippen LogP contribution in [0.4, 0.5) is 0 Å². The first-order valence-electron chi connectivity index (χ1n) is 12.2. The van der Waals surface area contributed by atoms with E-state index < -0.39 is 18.0 Å². The number of carboxylic acids is 1. The fourth-order valence-corrected chi connectivity index (χ4v) is 7.29. The number of fused-ring (bicyclic) bond motifs is 1. The summed E-state index contributed by atoms with van der Waals surface area (Å²) in [6.45, 7) is 7.05. The smallest absolute Gasteiger partial charge is 0.353 e. The van der Waals surface area contributed by atoms with Crippen molar-refractivity contribution in [2.24, 2.45) is 11.8 Å². The molecule has 3 amide bonds. The van der Waals surface area contributed by atoms with E-state index in [2.05, 4.69) is 10.6 Å². The highest BCUT2D eigenvalue weighted by molar-refractivity contribution is 8.03. The van der Waals surface area contributed by atoms with Crippen LogP contribution in [0, 0.1) is 11.8 Å². The zero-order valence-electron chi connectivity index (χ0n) is 20.7. The molecule has 4 rings (SSSR count). The van der Waals surface area contributed by atoms with E-state index in [4.69, 9.17) is 0 Å². The summed E-state index contributed by atoms with van der Waals surface area (Å²) in [5.41, 5.74) is 0.0216. The number of nitrogens with one attached hydrogen (secondary N) is 2. The summed E-state index contributed by atoms with van der Waals surface area (Å²) >= 11 is 1.44. The zero-order chi connectivity index (χ0) is 25.7. The fourth-order valence-electron chi connectivity index (χ4n) is 5.81. The Kier molecular flexibility index (Phi) is 7.20. The molecule has 3 fully saturated rings. The number of rotatable bonds is 7. The van der Waals surface area contributed by atoms with Crippen LogP contribution >= 0.6 is 11.8 Å². The van der Waals surface area contributed by atoms with Crippen molar-refractivity contribution in [3.05, 3.63) is 10.6 Å². The number of aliphatic hydroxyl groups excluding tert-OH is 1. The van der Waals surface area contributed by atoms with Crippen molar-refractivity contribution in [3.8, 4) is 0 Å². The van der Waals surface area contributed by atoms with E-state index in [1.165, 1.54) is 16.7 Å². The molecule has 0 aromatic rings. The van der Waals surface area contributed by atoms with Crippen LogP contribution in [0.3, 0.4) is 0 Å². The largest absolute Gasteiger partial charge is 0.477 e. The average molecular weight is 511 g/mol. The third kappa shape index (κ3) is 4.68. The predicted octanol–water partition coefficient (Wildman–Crippen LogP) is -1.36. The summed E-state index contributed by atoms with van der Waals surface area (Å²) in [5, 5.41) is 25.8. The number of likely N-dealkylation sites (N-methyl/N-ethyl adjacent to an activating group) is 2. The standard InChI is InChI=1S/C23H35N5O6S/c1-12-18-17(13(2)29)22(32)27(18)19(23(33)34)20(12)35-14-9-15(25-10-14)21(31)26-5-7-28(4,8-6-26)11-16(30)24-3/h12-15,17-18,25,29H,5-11H2,1-4H3,(H-,24,30,33,34)/p+1/t12-,13-,14+,15+,17-,18-/m1/s1. The molecule has 4 aliphatic heterocycles. The second-order valence-corrected chi connectivity index (χ2v) is 11.8. The lowest BCUT2D eigenvalue weighted by molar-refractivity contribution is -0.905. The summed E-state index contributed by atoms with van der Waals surface area (Å²) < 4.78 is 0.605. The summed E-state index contributed by atoms with van der Waals surface area (Å²) in [6.07, 6.45) is -0.256. The van der Waals surface area contributed by atoms with E-state index in [0.29, 0.717) is 55.1 Å². The highest BCUT2D eigenvalue weighted by Gasteiger charge is 2.60. The van der Waals surface area contributed by atoms with Crippen molar-refractivity contribution in [2.75, 3.05) is 53.4 Å². The van der Waals surface area contributed by atoms with Crippen molar-refractivity contribution in [1.29, 1.82) is 0 Å². The van der Waals surface area contributed by atoms with Crippen LogP contribution in [0.2, 0.25) is 0 Å². The van der Waals surface area contributed by atoms with Gasteiger partial charge in [-0.1, -0.05) is 6.92 Å². The molecule has 0 radical (unpaired) electrons. The molecule has 3 saturated heterocycles. The van der Waals surface area contributed by atoms with Crippen LogP contribution in [0.25, 0.3) is 0 Å². The van der Waals surface area contributed by atoms with Gasteiger partial charge in [0.1, 0.15) is 5.70 Å². The van der Waals surface area contributed by atoms with E-state index in [-0.39, 0.29) is 46.7 Å². The number of carbonyl (C=O) groups excluding carboxylic acids is 3. The first kappa shape index (κ1) is 25.9. The quantitative estimate of drug-likeness (QED) is 0.243. The predicted molar refractivity (Wildman–Crippen MR) is 129 cm³/mol. The Bertz CT molecular complexity index is 947. The van der Waals surface area contributed by atoms with Gasteiger partial charge in [-0.15, -0.1) is 11.8 Å². The minimum Gasteiger partial charge on any atom is -0.477 e. The van der Waals surface area contributed by atoms with Crippen LogP contribution in [-0.2, 0) is 19.2 Å². The van der Waals surface area contributed by atoms with Crippen molar-refractivity contribution < 1.29 is 33.9 Å². The topological polar surface area (TPSA) is 139 Å². The molecule has 0 aliphatic carbocycles. The third-order valence-corrected chi connectivity index (χ3v) is 9.44. The van der Waals surface area contributed by atoms with Gasteiger partial charge in [-0.05, 0) is 13.3 Å². The second-order valence-electron chi connectivity index (χ2n) is 10.4. The van der Waals surface area contributed by atoms with Crippen LogP contribution in [0.1, 0.15) is 20.3 Å². The number of thioether (sulfide) groups is 1. The number of piperazine rings is 1. The van der Waals surface area contributed by atoms with Crippen LogP contribution in [0.5, 0.6) is 0 Å². The van der Waals surface area contributed by atoms with Gasteiger partial charge < -0.3 is 35.1 Å². The molecule has 0 aromatic carbocycles. The summed E-state index contributed by atoms with van der Waals surface area (Å²) in [6, 6.07) is -0.670. The Balaban J connectivity index is 1.36. The molecule has 0 aromatic heterocycles. The van der Waals surface area contributed by atoms with E-state index in [1.54, 1.807) is 14.0 Å². The number of hydrogen-bond donors (Lipinski definition) is 4. The number of aliphatic hydroxyl groups is 1. The van der Waals surface area contributed by atoms with Crippen molar-refractivity contribution >= 4 is 35.5 Å². The molecule has 4 aliphatic rings. The Morgan fingerprint density at radius 2 is 1.94 bits per heavy atom. The molecule has 0 unspecified atom stereocenters. The zero-order valence-corrected chi connectivity index (χ0v) is 21.5. The molecular weight excluding hydrogens is 474 g/mol. The lowest BCUT2D eigenvalue weighted by Gasteiger charge is -2.46. The third-order valence-electron chi connectivity index (χ3n) is 7.93. The molecule has 194 valence electrons. The minimum absolute atomic E-state index is 0.00740. The van der Waals surface area contributed by atoms with E-state index >= 15 is 0 Å². The molecule has 12 heteroatoms. The van der Waals surface area contributed by atoms with Crippen LogP contribution in [0.15, 0.2) is 10.6 Å². The molecule has 4 N–H and O–H groups in total. The Morgan fingerprint density at radius 3 is 2.51 bits per heavy atom. The van der Waals surface area contributed by atoms with Crippen LogP contribution < -0.4 is 10.6 Å². The number of carbonyl (C=O) groups is 4. The lowest BCUT2D eigenvalue weighted by Crippen LogP contribution is -2.63. The second kappa shape index (κ2) is 9.72. The van der Waals surface area contributed by atoms with E-state index in [0.717, 1.165) is 0 Å². The molecule has 11 nitrogen and oxygen atoms in total. The van der Waals surface area contributed by atoms with Gasteiger partial charge in [0.15, 0.2) is 6.54 Å². The average Bonchev–Trinajstić information content (AvgIpc) is 3.35. The van der Waals surface area contributed by atoms with Crippen molar-refractivity contribution in [3.63, 3.8) is 0 Å². The van der Waals surface area contributed by atoms with Gasteiger partial charge in [0.25, 0.3) is 5.91 Å². The normalized spacial score (nSPS) is 32.8. The Hall–Kier alpha value is -2.15. The Morgan fingerprint density at radius 1 is 1.29 bits per heavy atom. The molecule has 35 heavy (non-hydrogen) atoms. The number of amides is 3. The maximum atomic E-state index is 13.2. The van der Waals surface area contributed by atoms with Gasteiger partial charge in [-0.25, -0.2) is 4.79 Å². The number of hydrogen-bond acceptors (Lipinski definition) is 7. The van der Waals surface area contributed by atoms with Gasteiger partial charge >= 0.3 is 5.97 Å². The highest BCUT2D eigenvalue weighted by atomic mass is 32.2. The molecule has 6 atom stereocenters. The van der Waals surface area contributed by atoms with Gasteiger partial charge in [0, 0.05) is 29.7 Å². The number of quaternary nitrogens is 1. The molecule has 0 saturated carbocycles. The lowest BCUT2D eigenvalue weighted by atomic mass is 9.79. The highest BCUT2D eigenvalue weighted by Crippen LogP contribution is 2.51. The monoisotopic (exact) mass is 510 g/mol. The maximum absolute atomic E-state index is 13.2. The number of β-lactam (4-membered cyclic amide) rings is 1. The van der Waals surface area contributed by atoms with E-state index in [9.17, 15) is 29.4 Å². The molecule has 4 heterocycles. The molecule has 0 spiro atoms.